The molecule has 2 nitrogen and oxygen atoms in total. The van der Waals surface area contributed by atoms with E-state index < -0.39 is 0 Å². The summed E-state index contributed by atoms with van der Waals surface area (Å²) in [5.41, 5.74) is 1.04. The van der Waals surface area contributed by atoms with Crippen molar-refractivity contribution in [2.75, 3.05) is 5.32 Å². The monoisotopic (exact) mass is 232 g/mol. The Hall–Kier alpha value is -1.35. The van der Waals surface area contributed by atoms with Gasteiger partial charge in [0.1, 0.15) is 5.82 Å². The zero-order valence-electron chi connectivity index (χ0n) is 9.82. The van der Waals surface area contributed by atoms with Crippen LogP contribution >= 0.6 is 11.3 Å². The van der Waals surface area contributed by atoms with Crippen LogP contribution in [-0.4, -0.2) is 4.98 Å². The highest BCUT2D eigenvalue weighted by Gasteiger charge is 2.07. The van der Waals surface area contributed by atoms with Crippen molar-refractivity contribution in [3.05, 3.63) is 45.8 Å². The fourth-order valence-electron chi connectivity index (χ4n) is 1.60. The summed E-state index contributed by atoms with van der Waals surface area (Å²) >= 11 is 1.83. The van der Waals surface area contributed by atoms with Crippen LogP contribution in [0.2, 0.25) is 0 Å². The first-order chi connectivity index (χ1) is 7.65. The van der Waals surface area contributed by atoms with Crippen LogP contribution in [0.3, 0.4) is 0 Å². The van der Waals surface area contributed by atoms with Crippen molar-refractivity contribution in [2.24, 2.45) is 0 Å². The third kappa shape index (κ3) is 2.61. The maximum Gasteiger partial charge on any atom is 0.126 e. The lowest BCUT2D eigenvalue weighted by molar-refractivity contribution is 0.894. The largest absolute Gasteiger partial charge is 0.363 e. The van der Waals surface area contributed by atoms with Crippen LogP contribution in [0.4, 0.5) is 5.82 Å². The Labute approximate surface area is 100 Å². The van der Waals surface area contributed by atoms with Gasteiger partial charge in [-0.15, -0.1) is 11.3 Å². The molecule has 0 aliphatic rings. The van der Waals surface area contributed by atoms with E-state index in [4.69, 9.17) is 0 Å². The number of hydrogen-bond acceptors (Lipinski definition) is 3. The Bertz CT molecular complexity index is 476. The highest BCUT2D eigenvalue weighted by atomic mass is 32.1. The van der Waals surface area contributed by atoms with Crippen molar-refractivity contribution < 1.29 is 0 Å². The van der Waals surface area contributed by atoms with Crippen LogP contribution in [0.15, 0.2) is 30.3 Å². The lowest BCUT2D eigenvalue weighted by Crippen LogP contribution is -2.06. The summed E-state index contributed by atoms with van der Waals surface area (Å²) in [5, 5.41) is 3.41. The predicted octanol–water partition coefficient (Wildman–Crippen LogP) is 3.93. The first-order valence-corrected chi connectivity index (χ1v) is 6.23. The molecule has 1 N–H and O–H groups in total. The highest BCUT2D eigenvalue weighted by molar-refractivity contribution is 7.12. The first kappa shape index (κ1) is 11.1. The van der Waals surface area contributed by atoms with Crippen molar-refractivity contribution in [1.82, 2.24) is 4.98 Å². The van der Waals surface area contributed by atoms with Gasteiger partial charge in [-0.2, -0.15) is 0 Å². The molecule has 2 heterocycles. The van der Waals surface area contributed by atoms with Gasteiger partial charge in [0.25, 0.3) is 0 Å². The minimum absolute atomic E-state index is 0.313. The molecule has 2 aromatic heterocycles. The fourth-order valence-corrected chi connectivity index (χ4v) is 2.48. The Balaban J connectivity index is 2.10. The molecule has 0 aromatic carbocycles. The van der Waals surface area contributed by atoms with E-state index in [9.17, 15) is 0 Å². The second-order valence-electron chi connectivity index (χ2n) is 3.98. The molecule has 0 fully saturated rings. The molecule has 1 unspecified atom stereocenters. The Morgan fingerprint density at radius 3 is 2.62 bits per heavy atom. The lowest BCUT2D eigenvalue weighted by Gasteiger charge is -2.12. The molecule has 16 heavy (non-hydrogen) atoms. The average Bonchev–Trinajstić information content (AvgIpc) is 2.65. The Morgan fingerprint density at radius 2 is 2.00 bits per heavy atom. The van der Waals surface area contributed by atoms with E-state index in [1.54, 1.807) is 0 Å². The van der Waals surface area contributed by atoms with Crippen LogP contribution in [0.5, 0.6) is 0 Å². The van der Waals surface area contributed by atoms with E-state index in [0.717, 1.165) is 11.5 Å². The summed E-state index contributed by atoms with van der Waals surface area (Å²) in [6.45, 7) is 6.30. The van der Waals surface area contributed by atoms with Gasteiger partial charge in [0.15, 0.2) is 0 Å². The van der Waals surface area contributed by atoms with Gasteiger partial charge >= 0.3 is 0 Å². The molecule has 0 spiro atoms. The predicted molar refractivity (Wildman–Crippen MR) is 70.1 cm³/mol. The van der Waals surface area contributed by atoms with Crippen molar-refractivity contribution in [3.63, 3.8) is 0 Å². The number of anilines is 1. The van der Waals surface area contributed by atoms with Gasteiger partial charge in [0.05, 0.1) is 6.04 Å². The van der Waals surface area contributed by atoms with Gasteiger partial charge in [-0.3, -0.25) is 0 Å². The standard InChI is InChI=1S/C13H16N2S/c1-9-5-4-6-13(14-9)15-11(3)12-8-7-10(2)16-12/h4-8,11H,1-3H3,(H,14,15). The number of hydrogen-bond donors (Lipinski definition) is 1. The van der Waals surface area contributed by atoms with Gasteiger partial charge in [-0.25, -0.2) is 4.98 Å². The van der Waals surface area contributed by atoms with Gasteiger partial charge in [0.2, 0.25) is 0 Å². The van der Waals surface area contributed by atoms with Crippen LogP contribution in [-0.2, 0) is 0 Å². The van der Waals surface area contributed by atoms with Gasteiger partial charge < -0.3 is 5.32 Å². The molecule has 0 saturated heterocycles. The highest BCUT2D eigenvalue weighted by Crippen LogP contribution is 2.24. The average molecular weight is 232 g/mol. The van der Waals surface area contributed by atoms with E-state index in [1.807, 2.05) is 36.5 Å². The number of pyridine rings is 1. The van der Waals surface area contributed by atoms with Crippen LogP contribution in [0.1, 0.15) is 28.4 Å². The molecule has 0 saturated carbocycles. The number of thiophene rings is 1. The molecule has 0 radical (unpaired) electrons. The smallest absolute Gasteiger partial charge is 0.126 e. The first-order valence-electron chi connectivity index (χ1n) is 5.41. The number of aryl methyl sites for hydroxylation is 2. The number of aromatic nitrogens is 1. The normalized spacial score (nSPS) is 12.4. The number of rotatable bonds is 3. The molecule has 2 rings (SSSR count). The summed E-state index contributed by atoms with van der Waals surface area (Å²) in [6, 6.07) is 10.7. The summed E-state index contributed by atoms with van der Waals surface area (Å²) in [6.07, 6.45) is 0. The number of nitrogens with zero attached hydrogens (tertiary/aromatic N) is 1. The maximum absolute atomic E-state index is 4.44. The zero-order chi connectivity index (χ0) is 11.5. The fraction of sp³-hybridized carbons (Fsp3) is 0.308. The number of nitrogens with one attached hydrogen (secondary N) is 1. The summed E-state index contributed by atoms with van der Waals surface area (Å²) < 4.78 is 0. The Morgan fingerprint density at radius 1 is 1.19 bits per heavy atom. The minimum Gasteiger partial charge on any atom is -0.363 e. The molecular formula is C13H16N2S. The van der Waals surface area contributed by atoms with Gasteiger partial charge in [0, 0.05) is 15.4 Å². The van der Waals surface area contributed by atoms with E-state index in [1.165, 1.54) is 9.75 Å². The third-order valence-electron chi connectivity index (χ3n) is 2.44. The van der Waals surface area contributed by atoms with Crippen molar-refractivity contribution in [1.29, 1.82) is 0 Å². The Kier molecular flexibility index (Phi) is 3.25. The van der Waals surface area contributed by atoms with Crippen molar-refractivity contribution in [2.45, 2.75) is 26.8 Å². The summed E-state index contributed by atoms with van der Waals surface area (Å²) in [7, 11) is 0. The van der Waals surface area contributed by atoms with Crippen molar-refractivity contribution in [3.8, 4) is 0 Å². The second-order valence-corrected chi connectivity index (χ2v) is 5.30. The molecule has 0 aliphatic carbocycles. The van der Waals surface area contributed by atoms with Gasteiger partial charge in [-0.05, 0) is 45.0 Å². The molecule has 2 aromatic rings. The lowest BCUT2D eigenvalue weighted by atomic mass is 10.2. The van der Waals surface area contributed by atoms with Crippen LogP contribution < -0.4 is 5.32 Å². The molecule has 0 aliphatic heterocycles. The topological polar surface area (TPSA) is 24.9 Å². The van der Waals surface area contributed by atoms with Crippen LogP contribution in [0.25, 0.3) is 0 Å². The van der Waals surface area contributed by atoms with E-state index in [2.05, 4.69) is 36.3 Å². The molecule has 3 heteroatoms. The maximum atomic E-state index is 4.44. The van der Waals surface area contributed by atoms with Crippen molar-refractivity contribution >= 4 is 17.2 Å². The van der Waals surface area contributed by atoms with E-state index in [-0.39, 0.29) is 0 Å². The third-order valence-corrected chi connectivity index (χ3v) is 3.62. The quantitative estimate of drug-likeness (QED) is 0.867. The molecular weight excluding hydrogens is 216 g/mol. The van der Waals surface area contributed by atoms with Gasteiger partial charge in [-0.1, -0.05) is 6.07 Å². The zero-order valence-corrected chi connectivity index (χ0v) is 10.6. The molecule has 1 atom stereocenters. The minimum atomic E-state index is 0.313. The van der Waals surface area contributed by atoms with E-state index in [0.29, 0.717) is 6.04 Å². The van der Waals surface area contributed by atoms with Crippen LogP contribution in [0, 0.1) is 13.8 Å². The second kappa shape index (κ2) is 4.66. The molecule has 84 valence electrons. The molecule has 0 bridgehead atoms. The summed E-state index contributed by atoms with van der Waals surface area (Å²) in [4.78, 5) is 7.13. The van der Waals surface area contributed by atoms with E-state index >= 15 is 0 Å². The summed E-state index contributed by atoms with van der Waals surface area (Å²) in [5.74, 6) is 0.943. The molecule has 0 amide bonds. The SMILES string of the molecule is Cc1cccc(NC(C)c2ccc(C)s2)n1.